The summed E-state index contributed by atoms with van der Waals surface area (Å²) in [4.78, 5) is 37.6. The predicted octanol–water partition coefficient (Wildman–Crippen LogP) is 1.74. The molecule has 2 aromatic carbocycles. The Hall–Kier alpha value is -3.55. The first-order valence-electron chi connectivity index (χ1n) is 9.58. The van der Waals surface area contributed by atoms with Gasteiger partial charge in [-0.05, 0) is 48.9 Å². The first-order chi connectivity index (χ1) is 14.4. The van der Waals surface area contributed by atoms with Crippen molar-refractivity contribution in [1.82, 2.24) is 10.6 Å². The summed E-state index contributed by atoms with van der Waals surface area (Å²) in [6.45, 7) is 2.00. The van der Waals surface area contributed by atoms with Gasteiger partial charge in [0, 0.05) is 31.9 Å². The molecule has 0 heterocycles. The highest BCUT2D eigenvalue weighted by molar-refractivity contribution is 5.96. The zero-order valence-corrected chi connectivity index (χ0v) is 17.4. The van der Waals surface area contributed by atoms with Crippen LogP contribution in [0.4, 0.5) is 5.69 Å². The van der Waals surface area contributed by atoms with Gasteiger partial charge in [-0.2, -0.15) is 0 Å². The zero-order valence-electron chi connectivity index (χ0n) is 17.4. The number of anilines is 1. The number of carbonyl (C=O) groups is 3. The standard InChI is InChI=1S/C22H27N3O5/c1-4-29-19-11-7-17(8-12-19)22(28)24-14-21(27)30-15-20(26)23-13-16-5-9-18(10-6-16)25(2)3/h5-12H,4,13-15H2,1-3H3,(H,23,26)(H,24,28). The molecule has 0 aliphatic rings. The van der Waals surface area contributed by atoms with Crippen molar-refractivity contribution in [3.63, 3.8) is 0 Å². The number of ether oxygens (including phenoxy) is 2. The summed E-state index contributed by atoms with van der Waals surface area (Å²) < 4.78 is 10.2. The number of nitrogens with zero attached hydrogens (tertiary/aromatic N) is 1. The van der Waals surface area contributed by atoms with E-state index in [-0.39, 0.29) is 6.54 Å². The van der Waals surface area contributed by atoms with Crippen LogP contribution in [-0.4, -0.2) is 51.6 Å². The second-order valence-corrected chi connectivity index (χ2v) is 6.64. The van der Waals surface area contributed by atoms with Gasteiger partial charge in [0.05, 0.1) is 6.61 Å². The maximum absolute atomic E-state index is 12.0. The zero-order chi connectivity index (χ0) is 21.9. The van der Waals surface area contributed by atoms with Crippen LogP contribution >= 0.6 is 0 Å². The van der Waals surface area contributed by atoms with Gasteiger partial charge >= 0.3 is 5.97 Å². The van der Waals surface area contributed by atoms with Crippen LogP contribution in [0.15, 0.2) is 48.5 Å². The van der Waals surface area contributed by atoms with E-state index in [4.69, 9.17) is 9.47 Å². The molecule has 0 saturated carbocycles. The molecular formula is C22H27N3O5. The van der Waals surface area contributed by atoms with Gasteiger partial charge in [-0.3, -0.25) is 14.4 Å². The maximum atomic E-state index is 12.0. The van der Waals surface area contributed by atoms with E-state index in [1.54, 1.807) is 24.3 Å². The molecule has 0 unspecified atom stereocenters. The van der Waals surface area contributed by atoms with E-state index in [2.05, 4.69) is 10.6 Å². The normalized spacial score (nSPS) is 10.1. The molecule has 0 saturated heterocycles. The molecule has 0 bridgehead atoms. The maximum Gasteiger partial charge on any atom is 0.325 e. The highest BCUT2D eigenvalue weighted by Gasteiger charge is 2.11. The van der Waals surface area contributed by atoms with Crippen LogP contribution in [0.5, 0.6) is 5.75 Å². The molecule has 2 rings (SSSR count). The van der Waals surface area contributed by atoms with Crippen LogP contribution in [0.25, 0.3) is 0 Å². The predicted molar refractivity (Wildman–Crippen MR) is 114 cm³/mol. The summed E-state index contributed by atoms with van der Waals surface area (Å²) in [5.74, 6) is -0.869. The Balaban J connectivity index is 1.67. The van der Waals surface area contributed by atoms with Crippen molar-refractivity contribution in [3.8, 4) is 5.75 Å². The van der Waals surface area contributed by atoms with Crippen molar-refractivity contribution in [2.45, 2.75) is 13.5 Å². The minimum atomic E-state index is -0.695. The second kappa shape index (κ2) is 11.5. The van der Waals surface area contributed by atoms with Gasteiger partial charge in [0.25, 0.3) is 11.8 Å². The number of esters is 1. The Kier molecular flexibility index (Phi) is 8.68. The average molecular weight is 413 g/mol. The van der Waals surface area contributed by atoms with E-state index in [0.717, 1.165) is 11.3 Å². The Morgan fingerprint density at radius 3 is 2.20 bits per heavy atom. The van der Waals surface area contributed by atoms with Gasteiger partial charge in [0.1, 0.15) is 12.3 Å². The lowest BCUT2D eigenvalue weighted by atomic mass is 10.2. The third-order valence-electron chi connectivity index (χ3n) is 4.13. The molecule has 0 aliphatic carbocycles. The van der Waals surface area contributed by atoms with Crippen molar-refractivity contribution in [3.05, 3.63) is 59.7 Å². The molecule has 8 nitrogen and oxygen atoms in total. The van der Waals surface area contributed by atoms with Crippen LogP contribution in [-0.2, 0) is 20.9 Å². The first kappa shape index (κ1) is 22.7. The average Bonchev–Trinajstić information content (AvgIpc) is 2.75. The number of amides is 2. The Labute approximate surface area is 176 Å². The topological polar surface area (TPSA) is 97.0 Å². The van der Waals surface area contributed by atoms with E-state index in [1.165, 1.54) is 0 Å². The molecule has 2 amide bonds. The van der Waals surface area contributed by atoms with Crippen molar-refractivity contribution >= 4 is 23.5 Å². The Morgan fingerprint density at radius 1 is 0.933 bits per heavy atom. The minimum Gasteiger partial charge on any atom is -0.494 e. The molecule has 0 radical (unpaired) electrons. The fourth-order valence-corrected chi connectivity index (χ4v) is 2.48. The van der Waals surface area contributed by atoms with Crippen molar-refractivity contribution in [1.29, 1.82) is 0 Å². The molecule has 0 spiro atoms. The summed E-state index contributed by atoms with van der Waals surface area (Å²) in [5.41, 5.74) is 2.39. The Morgan fingerprint density at radius 2 is 1.60 bits per heavy atom. The summed E-state index contributed by atoms with van der Waals surface area (Å²) in [5, 5.41) is 5.14. The molecule has 0 fully saturated rings. The van der Waals surface area contributed by atoms with Crippen LogP contribution in [0, 0.1) is 0 Å². The lowest BCUT2D eigenvalue weighted by molar-refractivity contribution is -0.147. The fourth-order valence-electron chi connectivity index (χ4n) is 2.48. The van der Waals surface area contributed by atoms with Gasteiger partial charge in [-0.25, -0.2) is 0 Å². The van der Waals surface area contributed by atoms with Crippen molar-refractivity contribution < 1.29 is 23.9 Å². The van der Waals surface area contributed by atoms with E-state index < -0.39 is 24.4 Å². The monoisotopic (exact) mass is 413 g/mol. The van der Waals surface area contributed by atoms with Crippen LogP contribution < -0.4 is 20.3 Å². The molecule has 30 heavy (non-hydrogen) atoms. The van der Waals surface area contributed by atoms with E-state index in [0.29, 0.717) is 24.5 Å². The summed E-state index contributed by atoms with van der Waals surface area (Å²) in [6, 6.07) is 14.3. The molecule has 160 valence electrons. The van der Waals surface area contributed by atoms with E-state index in [1.807, 2.05) is 50.2 Å². The molecule has 0 atom stereocenters. The third-order valence-corrected chi connectivity index (χ3v) is 4.13. The second-order valence-electron chi connectivity index (χ2n) is 6.64. The summed E-state index contributed by atoms with van der Waals surface area (Å²) in [6.07, 6.45) is 0. The van der Waals surface area contributed by atoms with Crippen molar-refractivity contribution in [2.24, 2.45) is 0 Å². The van der Waals surface area contributed by atoms with Gasteiger partial charge in [-0.1, -0.05) is 12.1 Å². The lowest BCUT2D eigenvalue weighted by Gasteiger charge is -2.13. The van der Waals surface area contributed by atoms with Crippen LogP contribution in [0.3, 0.4) is 0 Å². The number of benzene rings is 2. The Bertz CT molecular complexity index is 848. The first-order valence-corrected chi connectivity index (χ1v) is 9.58. The van der Waals surface area contributed by atoms with E-state index in [9.17, 15) is 14.4 Å². The minimum absolute atomic E-state index is 0.328. The fraction of sp³-hybridized carbons (Fsp3) is 0.318. The van der Waals surface area contributed by atoms with Crippen molar-refractivity contribution in [2.75, 3.05) is 38.8 Å². The van der Waals surface area contributed by atoms with Crippen LogP contribution in [0.1, 0.15) is 22.8 Å². The molecular weight excluding hydrogens is 386 g/mol. The highest BCUT2D eigenvalue weighted by Crippen LogP contribution is 2.12. The summed E-state index contributed by atoms with van der Waals surface area (Å²) in [7, 11) is 3.90. The van der Waals surface area contributed by atoms with Gasteiger partial charge in [-0.15, -0.1) is 0 Å². The lowest BCUT2D eigenvalue weighted by Crippen LogP contribution is -2.33. The highest BCUT2D eigenvalue weighted by atomic mass is 16.5. The number of nitrogens with one attached hydrogen (secondary N) is 2. The molecule has 0 aliphatic heterocycles. The van der Waals surface area contributed by atoms with Gasteiger partial charge in [0.15, 0.2) is 6.61 Å². The molecule has 2 N–H and O–H groups in total. The largest absolute Gasteiger partial charge is 0.494 e. The molecule has 2 aromatic rings. The third kappa shape index (κ3) is 7.46. The van der Waals surface area contributed by atoms with Gasteiger partial charge in [0.2, 0.25) is 0 Å². The summed E-state index contributed by atoms with van der Waals surface area (Å²) >= 11 is 0. The molecule has 0 aromatic heterocycles. The quantitative estimate of drug-likeness (QED) is 0.576. The SMILES string of the molecule is CCOc1ccc(C(=O)NCC(=O)OCC(=O)NCc2ccc(N(C)C)cc2)cc1. The van der Waals surface area contributed by atoms with E-state index >= 15 is 0 Å². The number of carbonyl (C=O) groups excluding carboxylic acids is 3. The van der Waals surface area contributed by atoms with Gasteiger partial charge < -0.3 is 25.0 Å². The number of hydrogen-bond donors (Lipinski definition) is 2. The number of hydrogen-bond acceptors (Lipinski definition) is 6. The smallest absolute Gasteiger partial charge is 0.325 e. The number of rotatable bonds is 10. The van der Waals surface area contributed by atoms with Crippen LogP contribution in [0.2, 0.25) is 0 Å². The molecule has 8 heteroatoms.